The predicted octanol–water partition coefficient (Wildman–Crippen LogP) is 6.11. The molecule has 3 unspecified atom stereocenters. The minimum Gasteiger partial charge on any atom is -0.462 e. The number of allylic oxidation sites excluding steroid dienone is 1. The average molecular weight is 401 g/mol. The average Bonchev–Trinajstić information content (AvgIpc) is 2.99. The van der Waals surface area contributed by atoms with E-state index in [2.05, 4.69) is 33.8 Å². The first-order valence-electron chi connectivity index (χ1n) is 12.1. The van der Waals surface area contributed by atoms with Crippen LogP contribution in [0.15, 0.2) is 11.6 Å². The third-order valence-electron chi connectivity index (χ3n) is 9.79. The molecule has 162 valence electrons. The summed E-state index contributed by atoms with van der Waals surface area (Å²) in [6, 6.07) is 0. The molecule has 0 amide bonds. The monoisotopic (exact) mass is 400 g/mol. The van der Waals surface area contributed by atoms with Crippen molar-refractivity contribution in [3.8, 4) is 0 Å². The van der Waals surface area contributed by atoms with E-state index in [0.29, 0.717) is 24.0 Å². The molecule has 0 aromatic heterocycles. The van der Waals surface area contributed by atoms with Crippen LogP contribution in [0.5, 0.6) is 0 Å². The van der Waals surface area contributed by atoms with Crippen LogP contribution in [0.1, 0.15) is 92.4 Å². The van der Waals surface area contributed by atoms with E-state index in [0.717, 1.165) is 43.9 Å². The maximum absolute atomic E-state index is 13.0. The maximum atomic E-state index is 13.0. The fraction of sp³-hybridized carbons (Fsp3) is 0.846. The fourth-order valence-electron chi connectivity index (χ4n) is 8.39. The van der Waals surface area contributed by atoms with Crippen LogP contribution in [-0.4, -0.2) is 17.9 Å². The Morgan fingerprint density at radius 1 is 1.14 bits per heavy atom. The zero-order chi connectivity index (χ0) is 21.0. The molecule has 3 heteroatoms. The van der Waals surface area contributed by atoms with E-state index >= 15 is 0 Å². The number of hydrogen-bond acceptors (Lipinski definition) is 3. The van der Waals surface area contributed by atoms with Crippen molar-refractivity contribution in [3.63, 3.8) is 0 Å². The Balaban J connectivity index is 1.61. The molecule has 29 heavy (non-hydrogen) atoms. The van der Waals surface area contributed by atoms with Crippen molar-refractivity contribution in [1.29, 1.82) is 0 Å². The normalized spacial score (nSPS) is 46.2. The van der Waals surface area contributed by atoms with Gasteiger partial charge in [-0.2, -0.15) is 0 Å². The Morgan fingerprint density at radius 2 is 1.90 bits per heavy atom. The van der Waals surface area contributed by atoms with E-state index in [9.17, 15) is 9.59 Å². The van der Waals surface area contributed by atoms with Gasteiger partial charge in [0.15, 0.2) is 0 Å². The molecule has 3 nitrogen and oxygen atoms in total. The highest BCUT2D eigenvalue weighted by Crippen LogP contribution is 2.67. The van der Waals surface area contributed by atoms with Crippen molar-refractivity contribution >= 4 is 11.8 Å². The van der Waals surface area contributed by atoms with Crippen molar-refractivity contribution in [2.75, 3.05) is 0 Å². The Bertz CT molecular complexity index is 709. The molecule has 0 bridgehead atoms. The van der Waals surface area contributed by atoms with Crippen LogP contribution >= 0.6 is 0 Å². The number of ketones is 1. The van der Waals surface area contributed by atoms with Crippen LogP contribution < -0.4 is 0 Å². The van der Waals surface area contributed by atoms with Gasteiger partial charge < -0.3 is 4.74 Å². The Hall–Kier alpha value is -1.12. The predicted molar refractivity (Wildman–Crippen MR) is 115 cm³/mol. The second-order valence-corrected chi connectivity index (χ2v) is 11.0. The molecule has 3 fully saturated rings. The zero-order valence-corrected chi connectivity index (χ0v) is 19.1. The van der Waals surface area contributed by atoms with Gasteiger partial charge in [-0.05, 0) is 73.0 Å². The van der Waals surface area contributed by atoms with Crippen LogP contribution in [0.3, 0.4) is 0 Å². The van der Waals surface area contributed by atoms with Crippen LogP contribution in [0, 0.1) is 40.4 Å². The lowest BCUT2D eigenvalue weighted by molar-refractivity contribution is -0.149. The number of carbonyl (C=O) groups is 2. The molecule has 0 aromatic carbocycles. The first kappa shape index (κ1) is 21.1. The number of carbonyl (C=O) groups excluding carboxylic acids is 2. The number of ether oxygens (including phenoxy) is 1. The van der Waals surface area contributed by atoms with Gasteiger partial charge >= 0.3 is 5.97 Å². The SMILES string of the molecule is CCC(=O)[C@H]1[C@H](CC)CC2C3CC=C4C[C@@H](OC(C)=O)CC[C@]4(C)C3CC[C@@]21C. The standard InChI is InChI=1S/C26H40O3/c1-6-17-14-22-20-9-8-18-15-19(29-16(3)27)10-12-25(18,4)21(20)11-13-26(22,5)24(17)23(28)7-2/h8,17,19-22,24H,6-7,9-15H2,1-5H3/t17-,19+,20?,21?,22?,24-,25+,26+/m1/s1. The third kappa shape index (κ3) is 3.22. The van der Waals surface area contributed by atoms with Crippen LogP contribution in [0.25, 0.3) is 0 Å². The van der Waals surface area contributed by atoms with E-state index in [4.69, 9.17) is 4.74 Å². The van der Waals surface area contributed by atoms with E-state index in [-0.39, 0.29) is 28.8 Å². The molecule has 4 aliphatic carbocycles. The Labute approximate surface area is 177 Å². The lowest BCUT2D eigenvalue weighted by Crippen LogP contribution is -2.51. The van der Waals surface area contributed by atoms with Gasteiger partial charge in [0.25, 0.3) is 0 Å². The molecule has 3 saturated carbocycles. The van der Waals surface area contributed by atoms with Gasteiger partial charge in [0.1, 0.15) is 11.9 Å². The fourth-order valence-corrected chi connectivity index (χ4v) is 8.39. The third-order valence-corrected chi connectivity index (χ3v) is 9.79. The lowest BCUT2D eigenvalue weighted by atomic mass is 9.47. The van der Waals surface area contributed by atoms with Crippen molar-refractivity contribution in [2.45, 2.75) is 98.5 Å². The van der Waals surface area contributed by atoms with Crippen LogP contribution in [0.2, 0.25) is 0 Å². The maximum Gasteiger partial charge on any atom is 0.302 e. The molecule has 0 radical (unpaired) electrons. The highest BCUT2D eigenvalue weighted by Gasteiger charge is 2.61. The second-order valence-electron chi connectivity index (χ2n) is 11.0. The highest BCUT2D eigenvalue weighted by molar-refractivity contribution is 5.82. The molecule has 8 atom stereocenters. The van der Waals surface area contributed by atoms with Crippen LogP contribution in [-0.2, 0) is 14.3 Å². The Kier molecular flexibility index (Phi) is 5.49. The molecule has 4 aliphatic rings. The quantitative estimate of drug-likeness (QED) is 0.422. The zero-order valence-electron chi connectivity index (χ0n) is 19.1. The summed E-state index contributed by atoms with van der Waals surface area (Å²) in [6.07, 6.45) is 12.3. The molecule has 0 spiro atoms. The van der Waals surface area contributed by atoms with Crippen molar-refractivity contribution in [1.82, 2.24) is 0 Å². The molecule has 0 heterocycles. The van der Waals surface area contributed by atoms with E-state index in [1.807, 2.05) is 0 Å². The molecular formula is C26H40O3. The minimum absolute atomic E-state index is 0.0692. The summed E-state index contributed by atoms with van der Waals surface area (Å²) in [6.45, 7) is 10.8. The minimum atomic E-state index is -0.149. The smallest absolute Gasteiger partial charge is 0.302 e. The van der Waals surface area contributed by atoms with Gasteiger partial charge in [0.05, 0.1) is 0 Å². The van der Waals surface area contributed by atoms with Gasteiger partial charge in [0.2, 0.25) is 0 Å². The molecule has 0 aromatic rings. The number of hydrogen-bond donors (Lipinski definition) is 0. The molecular weight excluding hydrogens is 360 g/mol. The number of rotatable bonds is 4. The molecule has 0 saturated heterocycles. The van der Waals surface area contributed by atoms with Gasteiger partial charge in [-0.1, -0.05) is 45.8 Å². The molecule has 0 N–H and O–H groups in total. The van der Waals surface area contributed by atoms with Gasteiger partial charge in [-0.3, -0.25) is 9.59 Å². The summed E-state index contributed by atoms with van der Waals surface area (Å²) in [5, 5.41) is 0. The Morgan fingerprint density at radius 3 is 2.55 bits per heavy atom. The van der Waals surface area contributed by atoms with Gasteiger partial charge in [0, 0.05) is 25.7 Å². The summed E-state index contributed by atoms with van der Waals surface area (Å²) in [5.41, 5.74) is 2.01. The summed E-state index contributed by atoms with van der Waals surface area (Å²) in [7, 11) is 0. The summed E-state index contributed by atoms with van der Waals surface area (Å²) < 4.78 is 5.57. The topological polar surface area (TPSA) is 43.4 Å². The van der Waals surface area contributed by atoms with E-state index < -0.39 is 0 Å². The largest absolute Gasteiger partial charge is 0.462 e. The number of esters is 1. The van der Waals surface area contributed by atoms with Crippen LogP contribution in [0.4, 0.5) is 0 Å². The van der Waals surface area contributed by atoms with Gasteiger partial charge in [-0.25, -0.2) is 0 Å². The number of Topliss-reactive ketones (excluding diaryl/α,β-unsaturated/α-hetero) is 1. The summed E-state index contributed by atoms with van der Waals surface area (Å²) >= 11 is 0. The molecule has 4 rings (SSSR count). The molecule has 0 aliphatic heterocycles. The highest BCUT2D eigenvalue weighted by atomic mass is 16.5. The summed E-state index contributed by atoms with van der Waals surface area (Å²) in [5.74, 6) is 3.36. The summed E-state index contributed by atoms with van der Waals surface area (Å²) in [4.78, 5) is 24.4. The number of fused-ring (bicyclic) bond motifs is 5. The lowest BCUT2D eigenvalue weighted by Gasteiger charge is -2.58. The van der Waals surface area contributed by atoms with E-state index in [1.165, 1.54) is 26.2 Å². The first-order valence-corrected chi connectivity index (χ1v) is 12.1. The first-order chi connectivity index (χ1) is 13.7. The van der Waals surface area contributed by atoms with Gasteiger partial charge in [-0.15, -0.1) is 0 Å². The van der Waals surface area contributed by atoms with Crippen molar-refractivity contribution < 1.29 is 14.3 Å². The van der Waals surface area contributed by atoms with Crippen molar-refractivity contribution in [2.24, 2.45) is 40.4 Å². The second kappa shape index (κ2) is 7.54. The van der Waals surface area contributed by atoms with E-state index in [1.54, 1.807) is 5.57 Å². The van der Waals surface area contributed by atoms with Crippen molar-refractivity contribution in [3.05, 3.63) is 11.6 Å².